The molecule has 0 saturated carbocycles. The maximum atomic E-state index is 10.7. The zero-order chi connectivity index (χ0) is 17.7. The van der Waals surface area contributed by atoms with E-state index in [1.807, 2.05) is 42.0 Å². The van der Waals surface area contributed by atoms with Gasteiger partial charge in [0.25, 0.3) is 0 Å². The van der Waals surface area contributed by atoms with E-state index in [-0.39, 0.29) is 110 Å². The van der Waals surface area contributed by atoms with Crippen LogP contribution in [0.25, 0.3) is 0 Å². The molecule has 0 aliphatic rings. The number of quaternary nitrogens is 2. The number of hydrogen-bond acceptors (Lipinski definition) is 6. The summed E-state index contributed by atoms with van der Waals surface area (Å²) in [5.41, 5.74) is 0. The third kappa shape index (κ3) is 50.6. The summed E-state index contributed by atoms with van der Waals surface area (Å²) in [6.07, 6.45) is 0. The maximum Gasteiger partial charge on any atom is 1.00 e. The van der Waals surface area contributed by atoms with Gasteiger partial charge in [-0.1, -0.05) is 14.9 Å². The summed E-state index contributed by atoms with van der Waals surface area (Å²) in [7, 11) is 10.1. The van der Waals surface area contributed by atoms with Crippen LogP contribution in [-0.2, 0) is 14.3 Å². The molecule has 0 amide bonds. The van der Waals surface area contributed by atoms with Crippen molar-refractivity contribution < 1.29 is 116 Å². The number of aliphatic hydroxyl groups is 1. The van der Waals surface area contributed by atoms with Crippen LogP contribution in [0.5, 0.6) is 0 Å². The van der Waals surface area contributed by atoms with Crippen LogP contribution in [0.3, 0.4) is 0 Å². The molecule has 0 heterocycles. The van der Waals surface area contributed by atoms with E-state index in [0.29, 0.717) is 15.5 Å². The van der Waals surface area contributed by atoms with E-state index in [0.717, 1.165) is 20.2 Å². The van der Waals surface area contributed by atoms with Crippen LogP contribution in [0.1, 0.15) is 28.7 Å². The van der Waals surface area contributed by atoms with Crippen LogP contribution in [0.4, 0.5) is 0 Å². The Kier molecular flexibility index (Phi) is 79.8. The van der Waals surface area contributed by atoms with Crippen LogP contribution in [0, 0.1) is 0 Å². The average molecular weight is 458 g/mol. The molecule has 0 aliphatic heterocycles. The fourth-order valence-corrected chi connectivity index (χ4v) is 0.987. The van der Waals surface area contributed by atoms with Gasteiger partial charge >= 0.3 is 65.1 Å². The molecule has 4 N–H and O–H groups in total. The molecule has 0 saturated heterocycles. The second-order valence-electron chi connectivity index (χ2n) is 5.77. The van der Waals surface area contributed by atoms with E-state index < -0.39 is 5.97 Å². The molecule has 0 rings (SSSR count). The minimum atomic E-state index is -0.984. The summed E-state index contributed by atoms with van der Waals surface area (Å²) in [6, 6.07) is 0. The normalized spacial score (nSPS) is 7.89. The predicted octanol–water partition coefficient (Wildman–Crippen LogP) is -10.0. The Hall–Kier alpha value is 1.03. The van der Waals surface area contributed by atoms with Gasteiger partial charge in [0.2, 0.25) is 0 Å². The van der Waals surface area contributed by atoms with Crippen molar-refractivity contribution in [2.24, 2.45) is 0 Å². The summed E-state index contributed by atoms with van der Waals surface area (Å²) >= 11 is 0. The smallest absolute Gasteiger partial charge is 1.00 e. The van der Waals surface area contributed by atoms with Crippen molar-refractivity contribution in [3.8, 4) is 0 Å². The number of esters is 1. The fourth-order valence-electron chi connectivity index (χ4n) is 0.987. The minimum absolute atomic E-state index is 0. The molecule has 0 fully saturated rings. The molecule has 0 atom stereocenters. The summed E-state index contributed by atoms with van der Waals surface area (Å²) in [5.74, 6) is -1.13. The Morgan fingerprint density at radius 1 is 0.893 bits per heavy atom. The zero-order valence-electron chi connectivity index (χ0n) is 18.1. The third-order valence-electron chi connectivity index (χ3n) is 3.05. The van der Waals surface area contributed by atoms with E-state index in [4.69, 9.17) is 5.11 Å². The molecule has 168 valence electrons. The SMILES string of the molecule is C.C.CC[N+](C)(C)CC(=O)OC.CC[N+](C)(C)CC(=O)[O-].CO.O.[Cl-].[Na+].[Na+].[OH-]. The third-order valence-corrected chi connectivity index (χ3v) is 3.05. The second-order valence-corrected chi connectivity index (χ2v) is 5.77. The number of hydrogen-bond donors (Lipinski definition) is 1. The molecule has 0 radical (unpaired) electrons. The Balaban J connectivity index is -0.0000000216. The van der Waals surface area contributed by atoms with Gasteiger partial charge in [0.1, 0.15) is 6.54 Å². The van der Waals surface area contributed by atoms with Gasteiger partial charge in [-0.3, -0.25) is 0 Å². The van der Waals surface area contributed by atoms with E-state index in [1.54, 1.807) is 0 Å². The van der Waals surface area contributed by atoms with Crippen LogP contribution >= 0.6 is 0 Å². The van der Waals surface area contributed by atoms with Crippen LogP contribution in [-0.4, -0.2) is 106 Å². The van der Waals surface area contributed by atoms with Gasteiger partial charge in [-0.25, -0.2) is 4.79 Å². The van der Waals surface area contributed by atoms with Gasteiger partial charge in [-0.05, 0) is 13.8 Å². The molecule has 28 heavy (non-hydrogen) atoms. The number of nitrogens with zero attached hydrogens (tertiary/aromatic N) is 2. The van der Waals surface area contributed by atoms with Crippen molar-refractivity contribution in [1.82, 2.24) is 0 Å². The van der Waals surface area contributed by atoms with Crippen LogP contribution < -0.4 is 76.6 Å². The quantitative estimate of drug-likeness (QED) is 0.238. The maximum absolute atomic E-state index is 10.7. The first kappa shape index (κ1) is 63.0. The average Bonchev–Trinajstić information content (AvgIpc) is 2.40. The number of ether oxygens (including phenoxy) is 1. The first-order chi connectivity index (χ1) is 9.49. The molecule has 9 nitrogen and oxygen atoms in total. The molecule has 0 aromatic rings. The Labute approximate surface area is 223 Å². The van der Waals surface area contributed by atoms with Gasteiger partial charge in [0, 0.05) is 7.11 Å². The molecular formula is C16H44ClN2Na2O7+. The number of carboxylic acid groups (broad SMARTS) is 1. The molecular weight excluding hydrogens is 414 g/mol. The van der Waals surface area contributed by atoms with Crippen molar-refractivity contribution >= 4 is 11.9 Å². The predicted molar refractivity (Wildman–Crippen MR) is 99.2 cm³/mol. The number of carbonyl (C=O) groups excluding carboxylic acids is 2. The molecule has 0 spiro atoms. The van der Waals surface area contributed by atoms with E-state index in [2.05, 4.69) is 4.74 Å². The number of carboxylic acids is 1. The first-order valence-electron chi connectivity index (χ1n) is 6.85. The van der Waals surface area contributed by atoms with Gasteiger partial charge in [-0.15, -0.1) is 0 Å². The monoisotopic (exact) mass is 457 g/mol. The van der Waals surface area contributed by atoms with Crippen molar-refractivity contribution in [1.29, 1.82) is 0 Å². The summed E-state index contributed by atoms with van der Waals surface area (Å²) in [5, 5.41) is 17.0. The first-order valence-corrected chi connectivity index (χ1v) is 6.85. The number of rotatable bonds is 6. The van der Waals surface area contributed by atoms with Gasteiger partial charge in [-0.2, -0.15) is 0 Å². The standard InChI is InChI=1S/C7H16NO2.C6H13NO2.CH4O.2CH4.ClH.2Na.2H2O/c1-5-8(2,3)6-7(9)10-4;1-4-7(2,3)5-6(8)9;1-2;;;;;;;/h5-6H2,1-4H3;4-5H2,1-3H3;2H,1H3;2*1H4;1H;;;2*1H2/q+1;;;;;;2*+1;;/p-2. The topological polar surface area (TPSA) is 148 Å². The van der Waals surface area contributed by atoms with E-state index in [1.165, 1.54) is 7.11 Å². The molecule has 0 aromatic heterocycles. The second kappa shape index (κ2) is 35.5. The number of carbonyl (C=O) groups is 2. The number of methoxy groups -OCH3 is 1. The summed E-state index contributed by atoms with van der Waals surface area (Å²) in [6.45, 7) is 6.29. The number of aliphatic hydroxyl groups excluding tert-OH is 1. The summed E-state index contributed by atoms with van der Waals surface area (Å²) < 4.78 is 5.71. The van der Waals surface area contributed by atoms with Crippen molar-refractivity contribution in [2.75, 3.05) is 68.6 Å². The minimum Gasteiger partial charge on any atom is -1.00 e. The molecule has 0 unspecified atom stereocenters. The largest absolute Gasteiger partial charge is 1.00 e. The number of aliphatic carboxylic acids is 1. The Morgan fingerprint density at radius 2 is 1.14 bits per heavy atom. The Morgan fingerprint density at radius 3 is 1.29 bits per heavy atom. The van der Waals surface area contributed by atoms with Crippen molar-refractivity contribution in [3.05, 3.63) is 0 Å². The molecule has 12 heteroatoms. The van der Waals surface area contributed by atoms with Gasteiger partial charge in [0.05, 0.1) is 54.4 Å². The molecule has 0 aliphatic carbocycles. The van der Waals surface area contributed by atoms with Gasteiger partial charge in [0.15, 0.2) is 6.54 Å². The fraction of sp³-hybridized carbons (Fsp3) is 0.875. The van der Waals surface area contributed by atoms with Crippen LogP contribution in [0.2, 0.25) is 0 Å². The Bertz CT molecular complexity index is 313. The van der Waals surface area contributed by atoms with Crippen molar-refractivity contribution in [2.45, 2.75) is 28.7 Å². The van der Waals surface area contributed by atoms with Gasteiger partial charge < -0.3 is 52.1 Å². The van der Waals surface area contributed by atoms with E-state index >= 15 is 0 Å². The van der Waals surface area contributed by atoms with Crippen LogP contribution in [0.15, 0.2) is 0 Å². The number of likely N-dealkylation sites (N-methyl/N-ethyl adjacent to an activating group) is 2. The van der Waals surface area contributed by atoms with E-state index in [9.17, 15) is 14.7 Å². The zero-order valence-corrected chi connectivity index (χ0v) is 22.9. The van der Waals surface area contributed by atoms with Crippen molar-refractivity contribution in [3.63, 3.8) is 0 Å². The molecule has 0 aromatic carbocycles. The number of halogens is 1. The molecule has 0 bridgehead atoms. The summed E-state index contributed by atoms with van der Waals surface area (Å²) in [4.78, 5) is 20.8.